The molecule has 150 valence electrons. The third-order valence-corrected chi connectivity index (χ3v) is 5.76. The molecule has 0 spiro atoms. The van der Waals surface area contributed by atoms with Crippen LogP contribution in [0.3, 0.4) is 0 Å². The average molecular weight is 414 g/mol. The number of para-hydroxylation sites is 2. The molecule has 4 rings (SSSR count). The highest BCUT2D eigenvalue weighted by atomic mass is 32.2. The molecule has 0 atom stereocenters. The van der Waals surface area contributed by atoms with Crippen molar-refractivity contribution in [2.45, 2.75) is 19.0 Å². The van der Waals surface area contributed by atoms with Gasteiger partial charge in [0.25, 0.3) is 0 Å². The van der Waals surface area contributed by atoms with E-state index in [0.29, 0.717) is 0 Å². The fourth-order valence-electron chi connectivity index (χ4n) is 3.13. The lowest BCUT2D eigenvalue weighted by Gasteiger charge is -2.09. The highest BCUT2D eigenvalue weighted by Gasteiger charge is 2.14. The number of hydrogen-bond acceptors (Lipinski definition) is 3. The maximum Gasteiger partial charge on any atom is 0.234 e. The van der Waals surface area contributed by atoms with E-state index in [2.05, 4.69) is 36.5 Å². The Morgan fingerprint density at radius 1 is 0.933 bits per heavy atom. The van der Waals surface area contributed by atoms with Gasteiger partial charge >= 0.3 is 0 Å². The summed E-state index contributed by atoms with van der Waals surface area (Å²) in [6.07, 6.45) is 2.03. The predicted molar refractivity (Wildman–Crippen MR) is 124 cm³/mol. The number of rotatable bonds is 6. The van der Waals surface area contributed by atoms with Crippen LogP contribution in [0.5, 0.6) is 0 Å². The van der Waals surface area contributed by atoms with Gasteiger partial charge in [-0.2, -0.15) is 0 Å². The predicted octanol–water partition coefficient (Wildman–Crippen LogP) is 5.89. The molecule has 0 aliphatic carbocycles. The average Bonchev–Trinajstić information content (AvgIpc) is 3.19. The first-order valence-corrected chi connectivity index (χ1v) is 10.8. The summed E-state index contributed by atoms with van der Waals surface area (Å²) in [7, 11) is 0. The maximum absolute atomic E-state index is 12.5. The number of carbonyl (C=O) groups excluding carboxylic acids is 1. The number of nitrogens with one attached hydrogen (secondary N) is 1. The minimum absolute atomic E-state index is 0.0474. The molecule has 0 radical (unpaired) electrons. The standard InChI is InChI=1S/C25H23N3OS/c1-18-12-14-20(15-13-18)23-16-28(21-9-4-3-5-10-21)25(27-23)30-17-24(29)26-22-11-7-6-8-19(22)2/h3-16H,17H2,1-2H3,(H,26,29). The number of anilines is 1. The van der Waals surface area contributed by atoms with E-state index in [1.54, 1.807) is 0 Å². The Kier molecular flexibility index (Phi) is 6.00. The molecule has 5 heteroatoms. The van der Waals surface area contributed by atoms with Crippen molar-refractivity contribution in [2.24, 2.45) is 0 Å². The first kappa shape index (κ1) is 20.0. The molecule has 1 heterocycles. The van der Waals surface area contributed by atoms with E-state index in [0.717, 1.165) is 33.4 Å². The lowest BCUT2D eigenvalue weighted by Crippen LogP contribution is -2.15. The molecule has 0 fully saturated rings. The van der Waals surface area contributed by atoms with Crippen molar-refractivity contribution >= 4 is 23.4 Å². The second-order valence-corrected chi connectivity index (χ2v) is 8.07. The molecular formula is C25H23N3OS. The summed E-state index contributed by atoms with van der Waals surface area (Å²) in [5.41, 5.74) is 6.06. The van der Waals surface area contributed by atoms with Gasteiger partial charge in [-0.1, -0.05) is 78.0 Å². The number of amides is 1. The summed E-state index contributed by atoms with van der Waals surface area (Å²) in [5.74, 6) is 0.236. The van der Waals surface area contributed by atoms with Gasteiger partial charge < -0.3 is 5.32 Å². The van der Waals surface area contributed by atoms with Gasteiger partial charge in [0.15, 0.2) is 5.16 Å². The van der Waals surface area contributed by atoms with Crippen LogP contribution in [0.2, 0.25) is 0 Å². The topological polar surface area (TPSA) is 46.9 Å². The second kappa shape index (κ2) is 9.01. The Morgan fingerprint density at radius 3 is 2.37 bits per heavy atom. The zero-order chi connectivity index (χ0) is 20.9. The molecule has 3 aromatic carbocycles. The molecule has 4 aromatic rings. The number of hydrogen-bond donors (Lipinski definition) is 1. The second-order valence-electron chi connectivity index (χ2n) is 7.13. The van der Waals surface area contributed by atoms with Gasteiger partial charge in [-0.15, -0.1) is 0 Å². The van der Waals surface area contributed by atoms with Gasteiger partial charge in [0.05, 0.1) is 11.4 Å². The van der Waals surface area contributed by atoms with Crippen LogP contribution in [0.1, 0.15) is 11.1 Å². The number of carbonyl (C=O) groups is 1. The molecule has 0 aliphatic rings. The molecule has 1 amide bonds. The van der Waals surface area contributed by atoms with Crippen LogP contribution in [-0.4, -0.2) is 21.2 Å². The van der Waals surface area contributed by atoms with Crippen LogP contribution in [0.15, 0.2) is 90.2 Å². The van der Waals surface area contributed by atoms with Crippen LogP contribution in [0.4, 0.5) is 5.69 Å². The quantitative estimate of drug-likeness (QED) is 0.401. The van der Waals surface area contributed by atoms with Crippen molar-refractivity contribution in [1.82, 2.24) is 9.55 Å². The third-order valence-electron chi connectivity index (χ3n) is 4.81. The number of thioether (sulfide) groups is 1. The van der Waals surface area contributed by atoms with Crippen LogP contribution in [0.25, 0.3) is 16.9 Å². The van der Waals surface area contributed by atoms with E-state index >= 15 is 0 Å². The molecule has 4 nitrogen and oxygen atoms in total. The van der Waals surface area contributed by atoms with Gasteiger partial charge in [0.2, 0.25) is 5.91 Å². The number of imidazole rings is 1. The van der Waals surface area contributed by atoms with Crippen LogP contribution in [-0.2, 0) is 4.79 Å². The maximum atomic E-state index is 12.5. The fraction of sp³-hybridized carbons (Fsp3) is 0.120. The monoisotopic (exact) mass is 413 g/mol. The zero-order valence-electron chi connectivity index (χ0n) is 17.0. The molecule has 1 aromatic heterocycles. The molecule has 0 aliphatic heterocycles. The summed E-state index contributed by atoms with van der Waals surface area (Å²) in [4.78, 5) is 17.4. The molecule has 30 heavy (non-hydrogen) atoms. The van der Waals surface area contributed by atoms with Gasteiger partial charge in [-0.25, -0.2) is 4.98 Å². The molecule has 0 bridgehead atoms. The van der Waals surface area contributed by atoms with Crippen molar-refractivity contribution in [2.75, 3.05) is 11.1 Å². The highest BCUT2D eigenvalue weighted by Crippen LogP contribution is 2.28. The third kappa shape index (κ3) is 4.63. The molecular weight excluding hydrogens is 390 g/mol. The summed E-state index contributed by atoms with van der Waals surface area (Å²) in [5, 5.41) is 3.78. The minimum Gasteiger partial charge on any atom is -0.325 e. The highest BCUT2D eigenvalue weighted by molar-refractivity contribution is 7.99. The normalized spacial score (nSPS) is 10.7. The Bertz CT molecular complexity index is 1150. The van der Waals surface area contributed by atoms with Crippen molar-refractivity contribution in [3.05, 3.63) is 96.2 Å². The number of nitrogens with zero attached hydrogens (tertiary/aromatic N) is 2. The van der Waals surface area contributed by atoms with Crippen molar-refractivity contribution in [3.63, 3.8) is 0 Å². The number of aryl methyl sites for hydroxylation is 2. The number of aromatic nitrogens is 2. The first-order valence-electron chi connectivity index (χ1n) is 9.80. The molecule has 0 saturated carbocycles. The minimum atomic E-state index is -0.0474. The Morgan fingerprint density at radius 2 is 1.63 bits per heavy atom. The van der Waals surface area contributed by atoms with Crippen molar-refractivity contribution in [1.29, 1.82) is 0 Å². The zero-order valence-corrected chi connectivity index (χ0v) is 17.8. The Balaban J connectivity index is 1.57. The summed E-state index contributed by atoms with van der Waals surface area (Å²) >= 11 is 1.43. The van der Waals surface area contributed by atoms with E-state index in [-0.39, 0.29) is 11.7 Å². The summed E-state index contributed by atoms with van der Waals surface area (Å²) < 4.78 is 2.04. The van der Waals surface area contributed by atoms with Gasteiger partial charge in [-0.05, 0) is 37.6 Å². The lowest BCUT2D eigenvalue weighted by molar-refractivity contribution is -0.113. The Hall–Kier alpha value is -3.31. The van der Waals surface area contributed by atoms with Crippen LogP contribution < -0.4 is 5.32 Å². The van der Waals surface area contributed by atoms with E-state index in [4.69, 9.17) is 4.98 Å². The molecule has 0 unspecified atom stereocenters. The van der Waals surface area contributed by atoms with Crippen LogP contribution >= 0.6 is 11.8 Å². The van der Waals surface area contributed by atoms with Gasteiger partial charge in [0.1, 0.15) is 0 Å². The Labute approximate surface area is 181 Å². The van der Waals surface area contributed by atoms with Crippen molar-refractivity contribution < 1.29 is 4.79 Å². The smallest absolute Gasteiger partial charge is 0.234 e. The van der Waals surface area contributed by atoms with Gasteiger partial charge in [-0.3, -0.25) is 9.36 Å². The van der Waals surface area contributed by atoms with E-state index < -0.39 is 0 Å². The fourth-order valence-corrected chi connectivity index (χ4v) is 3.92. The van der Waals surface area contributed by atoms with Crippen molar-refractivity contribution in [3.8, 4) is 16.9 Å². The van der Waals surface area contributed by atoms with Crippen LogP contribution in [0, 0.1) is 13.8 Å². The summed E-state index contributed by atoms with van der Waals surface area (Å²) in [6.45, 7) is 4.05. The van der Waals surface area contributed by atoms with E-state index in [1.807, 2.05) is 72.3 Å². The lowest BCUT2D eigenvalue weighted by atomic mass is 10.1. The summed E-state index contributed by atoms with van der Waals surface area (Å²) in [6, 6.07) is 26.2. The largest absolute Gasteiger partial charge is 0.325 e. The molecule has 1 N–H and O–H groups in total. The van der Waals surface area contributed by atoms with E-state index in [1.165, 1.54) is 17.3 Å². The SMILES string of the molecule is Cc1ccc(-c2cn(-c3ccccc3)c(SCC(=O)Nc3ccccc3C)n2)cc1. The number of benzene rings is 3. The first-order chi connectivity index (χ1) is 14.6. The van der Waals surface area contributed by atoms with E-state index in [9.17, 15) is 4.79 Å². The van der Waals surface area contributed by atoms with Gasteiger partial charge in [0, 0.05) is 23.1 Å². The molecule has 0 saturated heterocycles.